The molecular weight excluding hydrogens is 290 g/mol. The number of carbonyl (C=O) groups excluding carboxylic acids is 2. The van der Waals surface area contributed by atoms with Gasteiger partial charge in [-0.1, -0.05) is 20.3 Å². The summed E-state index contributed by atoms with van der Waals surface area (Å²) in [5, 5.41) is 0. The van der Waals surface area contributed by atoms with Crippen LogP contribution in [0.2, 0.25) is 0 Å². The summed E-state index contributed by atoms with van der Waals surface area (Å²) in [7, 11) is 0. The Morgan fingerprint density at radius 2 is 1.78 bits per heavy atom. The van der Waals surface area contributed by atoms with E-state index in [1.165, 1.54) is 6.42 Å². The molecule has 0 aromatic rings. The second kappa shape index (κ2) is 7.65. The van der Waals surface area contributed by atoms with Crippen molar-refractivity contribution < 1.29 is 9.59 Å². The highest BCUT2D eigenvalue weighted by molar-refractivity contribution is 5.86. The van der Waals surface area contributed by atoms with Crippen molar-refractivity contribution in [3.8, 4) is 0 Å². The van der Waals surface area contributed by atoms with Gasteiger partial charge in [-0.2, -0.15) is 0 Å². The lowest BCUT2D eigenvalue weighted by Crippen LogP contribution is -2.55. The van der Waals surface area contributed by atoms with Crippen molar-refractivity contribution >= 4 is 11.8 Å². The number of rotatable bonds is 4. The van der Waals surface area contributed by atoms with E-state index in [2.05, 4.69) is 6.92 Å². The Labute approximate surface area is 140 Å². The van der Waals surface area contributed by atoms with Crippen LogP contribution in [0, 0.1) is 11.8 Å². The average molecular weight is 323 g/mol. The summed E-state index contributed by atoms with van der Waals surface area (Å²) < 4.78 is 0. The van der Waals surface area contributed by atoms with Crippen LogP contribution >= 0.6 is 0 Å². The number of piperidine rings is 2. The van der Waals surface area contributed by atoms with Gasteiger partial charge in [0, 0.05) is 32.1 Å². The molecule has 0 radical (unpaired) electrons. The zero-order valence-electron chi connectivity index (χ0n) is 15.0. The number of carbonyl (C=O) groups is 2. The summed E-state index contributed by atoms with van der Waals surface area (Å²) in [4.78, 5) is 29.1. The molecule has 132 valence electrons. The molecule has 2 saturated heterocycles. The van der Waals surface area contributed by atoms with Gasteiger partial charge in [0.05, 0.1) is 5.54 Å². The van der Waals surface area contributed by atoms with Crippen molar-refractivity contribution in [2.75, 3.05) is 26.2 Å². The minimum Gasteiger partial charge on any atom is -0.342 e. The SMILES string of the molecule is CCCC(C)(N)C(=O)N1CCC(C(=O)N2CCCC(C)C2)CC1. The quantitative estimate of drug-likeness (QED) is 0.860. The van der Waals surface area contributed by atoms with Gasteiger partial charge >= 0.3 is 0 Å². The zero-order chi connectivity index (χ0) is 17.0. The Morgan fingerprint density at radius 1 is 1.13 bits per heavy atom. The van der Waals surface area contributed by atoms with Gasteiger partial charge in [-0.15, -0.1) is 0 Å². The first kappa shape index (κ1) is 18.2. The molecule has 2 N–H and O–H groups in total. The number of amides is 2. The van der Waals surface area contributed by atoms with Crippen LogP contribution in [0.3, 0.4) is 0 Å². The molecule has 2 heterocycles. The van der Waals surface area contributed by atoms with Crippen LogP contribution in [0.4, 0.5) is 0 Å². The highest BCUT2D eigenvalue weighted by Gasteiger charge is 2.36. The van der Waals surface area contributed by atoms with E-state index in [4.69, 9.17) is 5.73 Å². The van der Waals surface area contributed by atoms with E-state index in [9.17, 15) is 9.59 Å². The minimum absolute atomic E-state index is 0.0387. The van der Waals surface area contributed by atoms with Gasteiger partial charge in [-0.3, -0.25) is 9.59 Å². The van der Waals surface area contributed by atoms with Crippen LogP contribution in [0.1, 0.15) is 59.3 Å². The summed E-state index contributed by atoms with van der Waals surface area (Å²) in [5.74, 6) is 1.03. The summed E-state index contributed by atoms with van der Waals surface area (Å²) >= 11 is 0. The van der Waals surface area contributed by atoms with Crippen LogP contribution < -0.4 is 5.73 Å². The van der Waals surface area contributed by atoms with Crippen LogP contribution in [0.15, 0.2) is 0 Å². The lowest BCUT2D eigenvalue weighted by atomic mass is 9.90. The van der Waals surface area contributed by atoms with Crippen LogP contribution in [-0.2, 0) is 9.59 Å². The van der Waals surface area contributed by atoms with Crippen LogP contribution in [-0.4, -0.2) is 53.3 Å². The van der Waals surface area contributed by atoms with Crippen molar-refractivity contribution in [2.24, 2.45) is 17.6 Å². The molecule has 2 aliphatic heterocycles. The molecule has 5 nitrogen and oxygen atoms in total. The second-order valence-electron chi connectivity index (χ2n) is 7.77. The smallest absolute Gasteiger partial charge is 0.242 e. The lowest BCUT2D eigenvalue weighted by Gasteiger charge is -2.39. The summed E-state index contributed by atoms with van der Waals surface area (Å²) in [5.41, 5.74) is 5.39. The largest absolute Gasteiger partial charge is 0.342 e. The molecule has 0 aromatic carbocycles. The third-order valence-electron chi connectivity index (χ3n) is 5.36. The molecular formula is C18H33N3O2. The van der Waals surface area contributed by atoms with Gasteiger partial charge in [0.15, 0.2) is 0 Å². The second-order valence-corrected chi connectivity index (χ2v) is 7.77. The molecule has 2 atom stereocenters. The number of nitrogens with two attached hydrogens (primary N) is 1. The van der Waals surface area contributed by atoms with E-state index in [0.29, 0.717) is 31.3 Å². The van der Waals surface area contributed by atoms with Gasteiger partial charge in [-0.05, 0) is 44.9 Å². The molecule has 0 aliphatic carbocycles. The van der Waals surface area contributed by atoms with Crippen molar-refractivity contribution in [1.82, 2.24) is 9.80 Å². The molecule has 0 saturated carbocycles. The molecule has 0 aromatic heterocycles. The van der Waals surface area contributed by atoms with E-state index in [1.807, 2.05) is 23.6 Å². The number of hydrogen-bond acceptors (Lipinski definition) is 3. The fraction of sp³-hybridized carbons (Fsp3) is 0.889. The van der Waals surface area contributed by atoms with Gasteiger partial charge in [0.2, 0.25) is 11.8 Å². The third kappa shape index (κ3) is 4.46. The maximum Gasteiger partial charge on any atom is 0.242 e. The van der Waals surface area contributed by atoms with Crippen molar-refractivity contribution in [1.29, 1.82) is 0 Å². The molecule has 2 aliphatic rings. The monoisotopic (exact) mass is 323 g/mol. The van der Waals surface area contributed by atoms with Crippen LogP contribution in [0.25, 0.3) is 0 Å². The Bertz CT molecular complexity index is 428. The maximum absolute atomic E-state index is 12.7. The van der Waals surface area contributed by atoms with Gasteiger partial charge in [0.25, 0.3) is 0 Å². The van der Waals surface area contributed by atoms with Crippen LogP contribution in [0.5, 0.6) is 0 Å². The van der Waals surface area contributed by atoms with Crippen molar-refractivity contribution in [3.63, 3.8) is 0 Å². The molecule has 5 heteroatoms. The summed E-state index contributed by atoms with van der Waals surface area (Å²) in [6, 6.07) is 0. The predicted octanol–water partition coefficient (Wildman–Crippen LogP) is 2.00. The van der Waals surface area contributed by atoms with E-state index in [1.54, 1.807) is 0 Å². The Hall–Kier alpha value is -1.10. The molecule has 23 heavy (non-hydrogen) atoms. The topological polar surface area (TPSA) is 66.6 Å². The molecule has 2 amide bonds. The first-order valence-electron chi connectivity index (χ1n) is 9.22. The molecule has 2 rings (SSSR count). The summed E-state index contributed by atoms with van der Waals surface area (Å²) in [6.45, 7) is 9.21. The zero-order valence-corrected chi connectivity index (χ0v) is 15.0. The highest BCUT2D eigenvalue weighted by Crippen LogP contribution is 2.25. The first-order valence-corrected chi connectivity index (χ1v) is 9.22. The van der Waals surface area contributed by atoms with Crippen molar-refractivity contribution in [3.05, 3.63) is 0 Å². The normalized spacial score (nSPS) is 26.0. The van der Waals surface area contributed by atoms with E-state index in [-0.39, 0.29) is 11.8 Å². The minimum atomic E-state index is -0.770. The lowest BCUT2D eigenvalue weighted by molar-refractivity contribution is -0.144. The highest BCUT2D eigenvalue weighted by atomic mass is 16.2. The molecule has 2 unspecified atom stereocenters. The molecule has 0 bridgehead atoms. The van der Waals surface area contributed by atoms with E-state index in [0.717, 1.165) is 38.8 Å². The summed E-state index contributed by atoms with van der Waals surface area (Å²) in [6.07, 6.45) is 5.50. The third-order valence-corrected chi connectivity index (χ3v) is 5.36. The van der Waals surface area contributed by atoms with E-state index >= 15 is 0 Å². The maximum atomic E-state index is 12.7. The fourth-order valence-electron chi connectivity index (χ4n) is 3.96. The number of hydrogen-bond donors (Lipinski definition) is 1. The predicted molar refractivity (Wildman–Crippen MR) is 91.8 cm³/mol. The number of nitrogens with zero attached hydrogens (tertiary/aromatic N) is 2. The first-order chi connectivity index (χ1) is 10.8. The standard InChI is InChI=1S/C18H33N3O2/c1-4-9-18(3,19)17(23)20-11-7-15(8-12-20)16(22)21-10-5-6-14(2)13-21/h14-15H,4-13,19H2,1-3H3. The average Bonchev–Trinajstić information content (AvgIpc) is 2.53. The van der Waals surface area contributed by atoms with E-state index < -0.39 is 5.54 Å². The van der Waals surface area contributed by atoms with Gasteiger partial charge in [0.1, 0.15) is 0 Å². The Morgan fingerprint density at radius 3 is 2.35 bits per heavy atom. The Kier molecular flexibility index (Phi) is 6.06. The van der Waals surface area contributed by atoms with Gasteiger partial charge in [-0.25, -0.2) is 0 Å². The fourth-order valence-corrected chi connectivity index (χ4v) is 3.96. The molecule has 2 fully saturated rings. The Balaban J connectivity index is 1.86. The van der Waals surface area contributed by atoms with Crippen molar-refractivity contribution in [2.45, 2.75) is 64.8 Å². The molecule has 0 spiro atoms. The number of likely N-dealkylation sites (tertiary alicyclic amines) is 2. The van der Waals surface area contributed by atoms with Gasteiger partial charge < -0.3 is 15.5 Å².